The molecule has 134 valence electrons. The van der Waals surface area contributed by atoms with Gasteiger partial charge in [0.05, 0.1) is 7.11 Å². The number of nitrogens with one attached hydrogen (secondary N) is 1. The van der Waals surface area contributed by atoms with Crippen molar-refractivity contribution < 1.29 is 24.5 Å². The van der Waals surface area contributed by atoms with Crippen molar-refractivity contribution in [3.63, 3.8) is 0 Å². The normalized spacial score (nSPS) is 9.68. The van der Waals surface area contributed by atoms with Crippen molar-refractivity contribution in [1.29, 1.82) is 0 Å². The molecule has 0 spiro atoms. The van der Waals surface area contributed by atoms with Gasteiger partial charge in [-0.3, -0.25) is 0 Å². The Morgan fingerprint density at radius 3 is 2.20 bits per heavy atom. The fourth-order valence-corrected chi connectivity index (χ4v) is 2.11. The summed E-state index contributed by atoms with van der Waals surface area (Å²) < 4.78 is 5.13. The van der Waals surface area contributed by atoms with Gasteiger partial charge in [-0.05, 0) is 48.4 Å². The Bertz CT molecular complexity index is 676. The second-order valence-electron chi connectivity index (χ2n) is 5.02. The Morgan fingerprint density at radius 2 is 1.68 bits per heavy atom. The fraction of sp³-hybridized carbons (Fsp3) is 0.222. The molecule has 0 radical (unpaired) electrons. The zero-order valence-electron chi connectivity index (χ0n) is 13.7. The molecule has 2 aromatic rings. The highest BCUT2D eigenvalue weighted by atomic mass is 35.5. The van der Waals surface area contributed by atoms with E-state index in [1.165, 1.54) is 11.1 Å². The third-order valence-electron chi connectivity index (χ3n) is 3.15. The van der Waals surface area contributed by atoms with Crippen molar-refractivity contribution in [3.8, 4) is 5.75 Å². The Morgan fingerprint density at radius 1 is 1.04 bits per heavy atom. The maximum atomic E-state index is 9.10. The second kappa shape index (κ2) is 11.1. The average molecular weight is 366 g/mol. The monoisotopic (exact) mass is 365 g/mol. The molecule has 0 amide bonds. The van der Waals surface area contributed by atoms with E-state index in [-0.39, 0.29) is 0 Å². The van der Waals surface area contributed by atoms with Crippen LogP contribution in [-0.2, 0) is 22.6 Å². The van der Waals surface area contributed by atoms with E-state index in [0.29, 0.717) is 0 Å². The maximum Gasteiger partial charge on any atom is 0.414 e. The molecule has 0 bridgehead atoms. The summed E-state index contributed by atoms with van der Waals surface area (Å²) in [5.74, 6) is -2.76. The molecule has 0 saturated carbocycles. The highest BCUT2D eigenvalue weighted by Crippen LogP contribution is 2.12. The molecular weight excluding hydrogens is 346 g/mol. The quantitative estimate of drug-likeness (QED) is 0.538. The Hall–Kier alpha value is -2.57. The lowest BCUT2D eigenvalue weighted by atomic mass is 10.1. The topological polar surface area (TPSA) is 95.9 Å². The first-order valence-electron chi connectivity index (χ1n) is 7.46. The largest absolute Gasteiger partial charge is 0.497 e. The number of methoxy groups -OCH3 is 1. The van der Waals surface area contributed by atoms with E-state index < -0.39 is 11.9 Å². The number of benzene rings is 2. The van der Waals surface area contributed by atoms with Crippen LogP contribution in [0.2, 0.25) is 5.02 Å². The van der Waals surface area contributed by atoms with E-state index in [2.05, 4.69) is 23.5 Å². The van der Waals surface area contributed by atoms with Crippen molar-refractivity contribution in [2.24, 2.45) is 0 Å². The highest BCUT2D eigenvalue weighted by Gasteiger charge is 2.04. The Labute approximate surface area is 151 Å². The van der Waals surface area contributed by atoms with E-state index in [9.17, 15) is 0 Å². The lowest BCUT2D eigenvalue weighted by molar-refractivity contribution is -0.159. The summed E-state index contributed by atoms with van der Waals surface area (Å²) in [7, 11) is 1.68. The molecule has 2 rings (SSSR count). The van der Waals surface area contributed by atoms with Crippen molar-refractivity contribution in [1.82, 2.24) is 5.32 Å². The first-order chi connectivity index (χ1) is 11.9. The number of carbonyl (C=O) groups is 2. The summed E-state index contributed by atoms with van der Waals surface area (Å²) in [6.07, 6.45) is 0.983. The number of aliphatic carboxylic acids is 2. The Kier molecular flexibility index (Phi) is 9.06. The zero-order chi connectivity index (χ0) is 18.7. The molecule has 0 aromatic heterocycles. The van der Waals surface area contributed by atoms with Gasteiger partial charge in [0.25, 0.3) is 0 Å². The van der Waals surface area contributed by atoms with Gasteiger partial charge >= 0.3 is 11.9 Å². The first-order valence-corrected chi connectivity index (χ1v) is 7.84. The minimum atomic E-state index is -1.82. The predicted octanol–water partition coefficient (Wildman–Crippen LogP) is 2.84. The van der Waals surface area contributed by atoms with Crippen molar-refractivity contribution in [2.75, 3.05) is 13.7 Å². The fourth-order valence-electron chi connectivity index (χ4n) is 1.90. The molecule has 6 nitrogen and oxygen atoms in total. The predicted molar refractivity (Wildman–Crippen MR) is 95.1 cm³/mol. The summed E-state index contributed by atoms with van der Waals surface area (Å²) in [4.78, 5) is 18.2. The molecule has 0 unspecified atom stereocenters. The van der Waals surface area contributed by atoms with Gasteiger partial charge in [-0.25, -0.2) is 9.59 Å². The number of rotatable bonds is 6. The van der Waals surface area contributed by atoms with E-state index in [1.54, 1.807) is 7.11 Å². The van der Waals surface area contributed by atoms with Crippen LogP contribution in [0.25, 0.3) is 0 Å². The van der Waals surface area contributed by atoms with Gasteiger partial charge in [0.1, 0.15) is 5.75 Å². The molecule has 7 heteroatoms. The molecule has 0 atom stereocenters. The summed E-state index contributed by atoms with van der Waals surface area (Å²) in [5, 5.41) is 19.0. The molecular formula is C18H20ClNO5. The number of hydrogen-bond donors (Lipinski definition) is 3. The minimum Gasteiger partial charge on any atom is -0.497 e. The van der Waals surface area contributed by atoms with Crippen LogP contribution in [0.3, 0.4) is 0 Å². The van der Waals surface area contributed by atoms with Crippen molar-refractivity contribution in [2.45, 2.75) is 13.0 Å². The van der Waals surface area contributed by atoms with Crippen LogP contribution in [-0.4, -0.2) is 35.8 Å². The van der Waals surface area contributed by atoms with Gasteiger partial charge in [-0.1, -0.05) is 35.9 Å². The van der Waals surface area contributed by atoms with E-state index in [4.69, 9.17) is 36.1 Å². The second-order valence-corrected chi connectivity index (χ2v) is 5.45. The summed E-state index contributed by atoms with van der Waals surface area (Å²) in [6, 6.07) is 16.1. The van der Waals surface area contributed by atoms with Gasteiger partial charge in [0.15, 0.2) is 0 Å². The van der Waals surface area contributed by atoms with E-state index in [1.807, 2.05) is 30.3 Å². The minimum absolute atomic E-state index is 0.799. The van der Waals surface area contributed by atoms with Crippen LogP contribution < -0.4 is 10.1 Å². The van der Waals surface area contributed by atoms with Gasteiger partial charge in [0, 0.05) is 11.6 Å². The summed E-state index contributed by atoms with van der Waals surface area (Å²) >= 11 is 5.95. The lowest BCUT2D eigenvalue weighted by Crippen LogP contribution is -2.16. The van der Waals surface area contributed by atoms with Crippen LogP contribution in [0.15, 0.2) is 48.5 Å². The molecule has 3 N–H and O–H groups in total. The molecule has 0 fully saturated rings. The maximum absolute atomic E-state index is 9.10. The molecule has 0 aliphatic heterocycles. The molecule has 0 heterocycles. The number of hydrogen-bond acceptors (Lipinski definition) is 4. The van der Waals surface area contributed by atoms with Gasteiger partial charge < -0.3 is 20.3 Å². The standard InChI is InChI=1S/C16H18ClNO.C2H2O4/c1-19-16-7-5-14(6-8-16)12-18-10-9-13-3-2-4-15(17)11-13;3-1(4)2(5)6/h2-8,11,18H,9-10,12H2,1H3;(H,3,4)(H,5,6). The van der Waals surface area contributed by atoms with Gasteiger partial charge in [-0.15, -0.1) is 0 Å². The lowest BCUT2D eigenvalue weighted by Gasteiger charge is -2.06. The van der Waals surface area contributed by atoms with Crippen LogP contribution >= 0.6 is 11.6 Å². The number of carboxylic acid groups (broad SMARTS) is 2. The zero-order valence-corrected chi connectivity index (χ0v) is 14.5. The first kappa shape index (κ1) is 20.5. The van der Waals surface area contributed by atoms with Crippen molar-refractivity contribution in [3.05, 3.63) is 64.7 Å². The average Bonchev–Trinajstić information content (AvgIpc) is 2.60. The smallest absolute Gasteiger partial charge is 0.414 e. The third-order valence-corrected chi connectivity index (χ3v) is 3.39. The number of carboxylic acids is 2. The van der Waals surface area contributed by atoms with Crippen LogP contribution in [0, 0.1) is 0 Å². The van der Waals surface area contributed by atoms with Gasteiger partial charge in [0.2, 0.25) is 0 Å². The highest BCUT2D eigenvalue weighted by molar-refractivity contribution is 6.30. The van der Waals surface area contributed by atoms with Crippen LogP contribution in [0.4, 0.5) is 0 Å². The van der Waals surface area contributed by atoms with Crippen LogP contribution in [0.5, 0.6) is 5.75 Å². The van der Waals surface area contributed by atoms with Crippen molar-refractivity contribution >= 4 is 23.5 Å². The van der Waals surface area contributed by atoms with E-state index >= 15 is 0 Å². The number of halogens is 1. The van der Waals surface area contributed by atoms with Gasteiger partial charge in [-0.2, -0.15) is 0 Å². The molecule has 2 aromatic carbocycles. The summed E-state index contributed by atoms with van der Waals surface area (Å²) in [5.41, 5.74) is 2.52. The molecule has 25 heavy (non-hydrogen) atoms. The molecule has 0 aliphatic carbocycles. The number of ether oxygens (including phenoxy) is 1. The molecule has 0 saturated heterocycles. The Balaban J connectivity index is 0.000000450. The SMILES string of the molecule is COc1ccc(CNCCc2cccc(Cl)c2)cc1.O=C(O)C(=O)O. The third kappa shape index (κ3) is 8.74. The van der Waals surface area contributed by atoms with E-state index in [0.717, 1.165) is 30.3 Å². The molecule has 0 aliphatic rings. The van der Waals surface area contributed by atoms with Crippen LogP contribution in [0.1, 0.15) is 11.1 Å². The summed E-state index contributed by atoms with van der Waals surface area (Å²) in [6.45, 7) is 1.80.